The lowest BCUT2D eigenvalue weighted by atomic mass is 10.1. The van der Waals surface area contributed by atoms with E-state index in [1.165, 1.54) is 38.1 Å². The molecule has 0 radical (unpaired) electrons. The van der Waals surface area contributed by atoms with Crippen LogP contribution >= 0.6 is 0 Å². The maximum atomic E-state index is 6.29. The Hall–Kier alpha value is -6.98. The molecule has 7 aromatic carbocycles. The summed E-state index contributed by atoms with van der Waals surface area (Å²) in [5, 5.41) is 6.93. The monoisotopic (exact) mass is 652 g/mol. The van der Waals surface area contributed by atoms with Crippen LogP contribution in [0, 0.1) is 0 Å². The molecule has 0 fully saturated rings. The fourth-order valence-corrected chi connectivity index (χ4v) is 7.97. The third kappa shape index (κ3) is 4.09. The van der Waals surface area contributed by atoms with Crippen molar-refractivity contribution in [2.75, 3.05) is 0 Å². The molecule has 0 N–H and O–H groups in total. The molecule has 51 heavy (non-hydrogen) atoms. The van der Waals surface area contributed by atoms with Crippen LogP contribution in [0.1, 0.15) is 0 Å². The first-order valence-electron chi connectivity index (χ1n) is 17.2. The van der Waals surface area contributed by atoms with E-state index in [0.29, 0.717) is 11.5 Å². The molecule has 0 aliphatic heterocycles. The Morgan fingerprint density at radius 2 is 0.902 bits per heavy atom. The van der Waals surface area contributed by atoms with Crippen LogP contribution in [0.25, 0.3) is 99.7 Å². The van der Waals surface area contributed by atoms with E-state index in [9.17, 15) is 0 Å². The second-order valence-electron chi connectivity index (χ2n) is 13.0. The average molecular weight is 653 g/mol. The zero-order chi connectivity index (χ0) is 33.5. The highest BCUT2D eigenvalue weighted by Gasteiger charge is 2.21. The summed E-state index contributed by atoms with van der Waals surface area (Å²) in [5.41, 5.74) is 11.2. The van der Waals surface area contributed by atoms with Gasteiger partial charge in [0.1, 0.15) is 5.58 Å². The van der Waals surface area contributed by atoms with Gasteiger partial charge in [0.25, 0.3) is 0 Å². The molecule has 238 valence electrons. The first-order valence-corrected chi connectivity index (χ1v) is 17.2. The zero-order valence-electron chi connectivity index (χ0n) is 27.4. The van der Waals surface area contributed by atoms with Crippen LogP contribution in [0.15, 0.2) is 174 Å². The van der Waals surface area contributed by atoms with Gasteiger partial charge >= 0.3 is 0 Å². The highest BCUT2D eigenvalue weighted by molar-refractivity contribution is 6.29. The Labute approximate surface area is 292 Å². The van der Waals surface area contributed by atoms with Gasteiger partial charge in [0, 0.05) is 49.4 Å². The van der Waals surface area contributed by atoms with E-state index in [1.54, 1.807) is 0 Å². The maximum Gasteiger partial charge on any atom is 0.231 e. The van der Waals surface area contributed by atoms with Gasteiger partial charge in [-0.05, 0) is 66.7 Å². The number of aromatic nitrogens is 4. The van der Waals surface area contributed by atoms with Gasteiger partial charge in [0.05, 0.1) is 33.1 Å². The van der Waals surface area contributed by atoms with Crippen LogP contribution in [-0.2, 0) is 0 Å². The van der Waals surface area contributed by atoms with Crippen LogP contribution in [0.2, 0.25) is 0 Å². The molecule has 0 atom stereocenters. The SMILES string of the molecule is c1ccc(-c2nc(-c3ccc(-n4c5ccccc5c5c6c7ccccc7n(-c7ccccc7)c6ccc54)cc3)nc3oc4ccccc4c23)cc1. The Bertz CT molecular complexity index is 3120. The van der Waals surface area contributed by atoms with E-state index in [1.807, 2.05) is 36.4 Å². The third-order valence-corrected chi connectivity index (χ3v) is 10.2. The van der Waals surface area contributed by atoms with Crippen molar-refractivity contribution >= 4 is 65.7 Å². The molecule has 4 heterocycles. The van der Waals surface area contributed by atoms with Gasteiger partial charge in [-0.15, -0.1) is 0 Å². The van der Waals surface area contributed by atoms with Crippen molar-refractivity contribution in [3.63, 3.8) is 0 Å². The highest BCUT2D eigenvalue weighted by atomic mass is 16.3. The van der Waals surface area contributed by atoms with Crippen molar-refractivity contribution in [3.8, 4) is 34.0 Å². The third-order valence-electron chi connectivity index (χ3n) is 10.2. The summed E-state index contributed by atoms with van der Waals surface area (Å²) in [6.07, 6.45) is 0. The molecular formula is C46H28N4O. The zero-order valence-corrected chi connectivity index (χ0v) is 27.4. The Morgan fingerprint density at radius 1 is 0.373 bits per heavy atom. The van der Waals surface area contributed by atoms with Gasteiger partial charge < -0.3 is 13.6 Å². The van der Waals surface area contributed by atoms with Gasteiger partial charge in [-0.3, -0.25) is 0 Å². The largest absolute Gasteiger partial charge is 0.438 e. The molecule has 0 saturated heterocycles. The first kappa shape index (κ1) is 27.9. The minimum Gasteiger partial charge on any atom is -0.438 e. The molecule has 0 spiro atoms. The molecule has 11 rings (SSSR count). The van der Waals surface area contributed by atoms with Gasteiger partial charge in [-0.25, -0.2) is 4.98 Å². The number of nitrogens with zero attached hydrogens (tertiary/aromatic N) is 4. The minimum absolute atomic E-state index is 0.588. The summed E-state index contributed by atoms with van der Waals surface area (Å²) >= 11 is 0. The predicted octanol–water partition coefficient (Wildman–Crippen LogP) is 11.9. The smallest absolute Gasteiger partial charge is 0.231 e. The van der Waals surface area contributed by atoms with E-state index in [4.69, 9.17) is 14.4 Å². The number of hydrogen-bond acceptors (Lipinski definition) is 3. The van der Waals surface area contributed by atoms with Crippen LogP contribution in [-0.4, -0.2) is 19.1 Å². The number of hydrogen-bond donors (Lipinski definition) is 0. The first-order chi connectivity index (χ1) is 25.3. The topological polar surface area (TPSA) is 48.8 Å². The lowest BCUT2D eigenvalue weighted by Gasteiger charge is -2.10. The summed E-state index contributed by atoms with van der Waals surface area (Å²) in [4.78, 5) is 10.1. The van der Waals surface area contributed by atoms with Crippen LogP contribution in [0.3, 0.4) is 0 Å². The van der Waals surface area contributed by atoms with Crippen LogP contribution < -0.4 is 0 Å². The van der Waals surface area contributed by atoms with Crippen molar-refractivity contribution in [3.05, 3.63) is 170 Å². The summed E-state index contributed by atoms with van der Waals surface area (Å²) in [5.74, 6) is 0.629. The van der Waals surface area contributed by atoms with Gasteiger partial charge in [0.2, 0.25) is 5.71 Å². The second-order valence-corrected chi connectivity index (χ2v) is 13.0. The van der Waals surface area contributed by atoms with Gasteiger partial charge in [-0.1, -0.05) is 103 Å². The average Bonchev–Trinajstić information content (AvgIpc) is 3.86. The summed E-state index contributed by atoms with van der Waals surface area (Å²) < 4.78 is 11.1. The van der Waals surface area contributed by atoms with Crippen molar-refractivity contribution in [2.24, 2.45) is 0 Å². The Kier molecular flexibility index (Phi) is 5.89. The van der Waals surface area contributed by atoms with E-state index in [0.717, 1.165) is 50.1 Å². The molecule has 0 saturated carbocycles. The van der Waals surface area contributed by atoms with Crippen molar-refractivity contribution in [1.29, 1.82) is 0 Å². The molecule has 5 nitrogen and oxygen atoms in total. The number of benzene rings is 7. The van der Waals surface area contributed by atoms with E-state index in [-0.39, 0.29) is 0 Å². The van der Waals surface area contributed by atoms with Gasteiger partial charge in [0.15, 0.2) is 5.82 Å². The maximum absolute atomic E-state index is 6.29. The molecule has 5 heteroatoms. The van der Waals surface area contributed by atoms with Crippen molar-refractivity contribution in [1.82, 2.24) is 19.1 Å². The molecule has 0 aliphatic carbocycles. The van der Waals surface area contributed by atoms with E-state index < -0.39 is 0 Å². The molecule has 0 unspecified atom stereocenters. The molecule has 4 aromatic heterocycles. The molecule has 0 aliphatic rings. The quantitative estimate of drug-likeness (QED) is 0.190. The summed E-state index contributed by atoms with van der Waals surface area (Å²) in [6, 6.07) is 59.6. The number of fused-ring (bicyclic) bond motifs is 10. The van der Waals surface area contributed by atoms with E-state index in [2.05, 4.69) is 143 Å². The molecular weight excluding hydrogens is 625 g/mol. The fraction of sp³-hybridized carbons (Fsp3) is 0. The second kappa shape index (κ2) is 10.8. The Morgan fingerprint density at radius 3 is 1.55 bits per heavy atom. The van der Waals surface area contributed by atoms with Crippen LogP contribution in [0.5, 0.6) is 0 Å². The lowest BCUT2D eigenvalue weighted by Crippen LogP contribution is -1.96. The number of rotatable bonds is 4. The standard InChI is InChI=1S/C46H28N4O/c1-3-13-29(14-4-1)44-43-35-19-9-12-22-40(35)51-46(43)48-45(47-44)30-23-25-32(26-24-30)50-37-21-11-8-18-34(37)42-39(50)28-27-38-41(42)33-17-7-10-20-36(33)49(38)31-15-5-2-6-16-31/h1-28H. The Balaban J connectivity index is 1.12. The van der Waals surface area contributed by atoms with Crippen molar-refractivity contribution < 1.29 is 4.42 Å². The number of para-hydroxylation sites is 4. The van der Waals surface area contributed by atoms with Gasteiger partial charge in [-0.2, -0.15) is 4.98 Å². The minimum atomic E-state index is 0.588. The fourth-order valence-electron chi connectivity index (χ4n) is 7.97. The number of furan rings is 1. The van der Waals surface area contributed by atoms with E-state index >= 15 is 0 Å². The molecule has 11 aromatic rings. The molecule has 0 bridgehead atoms. The summed E-state index contributed by atoms with van der Waals surface area (Å²) in [7, 11) is 0. The predicted molar refractivity (Wildman–Crippen MR) is 209 cm³/mol. The summed E-state index contributed by atoms with van der Waals surface area (Å²) in [6.45, 7) is 0. The van der Waals surface area contributed by atoms with Crippen molar-refractivity contribution in [2.45, 2.75) is 0 Å². The lowest BCUT2D eigenvalue weighted by molar-refractivity contribution is 0.653. The molecule has 0 amide bonds. The normalized spacial score (nSPS) is 11.9. The van der Waals surface area contributed by atoms with Crippen LogP contribution in [0.4, 0.5) is 0 Å². The highest BCUT2D eigenvalue weighted by Crippen LogP contribution is 2.42.